The lowest BCUT2D eigenvalue weighted by atomic mass is 9.79. The molecule has 0 radical (unpaired) electrons. The molecule has 0 bridgehead atoms. The Labute approximate surface area is 143 Å². The highest BCUT2D eigenvalue weighted by Gasteiger charge is 2.54. The summed E-state index contributed by atoms with van der Waals surface area (Å²) in [5, 5.41) is 0. The molecule has 1 aromatic carbocycles. The number of ether oxygens (including phenoxy) is 2. The van der Waals surface area contributed by atoms with Crippen molar-refractivity contribution in [3.05, 3.63) is 59.7 Å². The van der Waals surface area contributed by atoms with Crippen LogP contribution in [-0.4, -0.2) is 25.2 Å². The molecule has 0 N–H and O–H groups in total. The molecule has 0 spiro atoms. The van der Waals surface area contributed by atoms with Crippen molar-refractivity contribution in [2.75, 3.05) is 13.2 Å². The number of hydrogen-bond donors (Lipinski definition) is 0. The van der Waals surface area contributed by atoms with Gasteiger partial charge in [-0.3, -0.25) is 9.59 Å². The summed E-state index contributed by atoms with van der Waals surface area (Å²) in [5.74, 6) is -1.14. The molecule has 0 heterocycles. The number of allylic oxidation sites excluding steroid dienone is 2. The minimum atomic E-state index is -1.42. The lowest BCUT2D eigenvalue weighted by Gasteiger charge is -2.26. The minimum absolute atomic E-state index is 0.215. The van der Waals surface area contributed by atoms with Crippen LogP contribution in [0.1, 0.15) is 32.3 Å². The molecule has 0 aliphatic heterocycles. The monoisotopic (exact) mass is 328 g/mol. The van der Waals surface area contributed by atoms with Crippen molar-refractivity contribution in [2.45, 2.75) is 33.1 Å². The number of benzene rings is 1. The molecule has 4 heteroatoms. The van der Waals surface area contributed by atoms with Crippen LogP contribution in [0.15, 0.2) is 54.1 Å². The Morgan fingerprint density at radius 2 is 1.62 bits per heavy atom. The third-order valence-electron chi connectivity index (χ3n) is 4.33. The Bertz CT molecular complexity index is 625. The first-order valence-electron chi connectivity index (χ1n) is 8.33. The molecule has 0 unspecified atom stereocenters. The molecule has 0 saturated carbocycles. The Balaban J connectivity index is 2.16. The van der Waals surface area contributed by atoms with Gasteiger partial charge in [0.15, 0.2) is 5.41 Å². The van der Waals surface area contributed by atoms with Gasteiger partial charge in [0.05, 0.1) is 13.2 Å². The maximum atomic E-state index is 12.5. The molecule has 0 saturated heterocycles. The Kier molecular flexibility index (Phi) is 5.96. The van der Waals surface area contributed by atoms with Crippen molar-refractivity contribution in [2.24, 2.45) is 5.41 Å². The Morgan fingerprint density at radius 3 is 2.17 bits per heavy atom. The van der Waals surface area contributed by atoms with Gasteiger partial charge >= 0.3 is 11.9 Å². The molecule has 128 valence electrons. The van der Waals surface area contributed by atoms with Crippen molar-refractivity contribution in [1.29, 1.82) is 0 Å². The van der Waals surface area contributed by atoms with Crippen LogP contribution in [0, 0.1) is 5.41 Å². The van der Waals surface area contributed by atoms with Crippen molar-refractivity contribution < 1.29 is 19.1 Å². The molecular formula is C20H24O4. The molecule has 0 fully saturated rings. The van der Waals surface area contributed by atoms with Crippen molar-refractivity contribution >= 4 is 11.9 Å². The molecule has 1 aliphatic rings. The first-order chi connectivity index (χ1) is 11.6. The second-order valence-electron chi connectivity index (χ2n) is 5.74. The molecule has 0 atom stereocenters. The fraction of sp³-hybridized carbons (Fsp3) is 0.400. The predicted molar refractivity (Wildman–Crippen MR) is 92.3 cm³/mol. The molecule has 1 aromatic rings. The quantitative estimate of drug-likeness (QED) is 0.567. The normalized spacial score (nSPS) is 15.8. The molecular weight excluding hydrogens is 304 g/mol. The van der Waals surface area contributed by atoms with Gasteiger partial charge in [0, 0.05) is 0 Å². The highest BCUT2D eigenvalue weighted by atomic mass is 16.6. The Morgan fingerprint density at radius 1 is 1.04 bits per heavy atom. The van der Waals surface area contributed by atoms with Crippen LogP contribution in [0.5, 0.6) is 0 Å². The summed E-state index contributed by atoms with van der Waals surface area (Å²) in [7, 11) is 0. The van der Waals surface area contributed by atoms with E-state index < -0.39 is 17.4 Å². The lowest BCUT2D eigenvalue weighted by molar-refractivity contribution is -0.168. The average molecular weight is 328 g/mol. The van der Waals surface area contributed by atoms with E-state index >= 15 is 0 Å². The van der Waals surface area contributed by atoms with Gasteiger partial charge in [-0.15, -0.1) is 0 Å². The van der Waals surface area contributed by atoms with Gasteiger partial charge < -0.3 is 9.47 Å². The second kappa shape index (κ2) is 7.95. The van der Waals surface area contributed by atoms with Gasteiger partial charge in [-0.2, -0.15) is 0 Å². The summed E-state index contributed by atoms with van der Waals surface area (Å²) in [6.45, 7) is 7.91. The van der Waals surface area contributed by atoms with Crippen LogP contribution in [0.4, 0.5) is 0 Å². The van der Waals surface area contributed by atoms with E-state index in [-0.39, 0.29) is 19.6 Å². The van der Waals surface area contributed by atoms with Crippen LogP contribution in [0.25, 0.3) is 0 Å². The average Bonchev–Trinajstić information content (AvgIpc) is 2.92. The van der Waals surface area contributed by atoms with Gasteiger partial charge in [-0.25, -0.2) is 0 Å². The van der Waals surface area contributed by atoms with E-state index in [9.17, 15) is 9.59 Å². The van der Waals surface area contributed by atoms with Gasteiger partial charge in [0.2, 0.25) is 0 Å². The van der Waals surface area contributed by atoms with E-state index in [4.69, 9.17) is 9.47 Å². The van der Waals surface area contributed by atoms with Crippen LogP contribution < -0.4 is 0 Å². The molecule has 2 rings (SSSR count). The predicted octanol–water partition coefficient (Wildman–Crippen LogP) is 3.62. The van der Waals surface area contributed by atoms with Crippen LogP contribution >= 0.6 is 0 Å². The van der Waals surface area contributed by atoms with Gasteiger partial charge in [-0.1, -0.05) is 43.0 Å². The minimum Gasteiger partial charge on any atom is -0.465 e. The number of rotatable bonds is 7. The van der Waals surface area contributed by atoms with E-state index in [2.05, 4.69) is 18.7 Å². The zero-order chi connectivity index (χ0) is 17.6. The maximum absolute atomic E-state index is 12.5. The highest BCUT2D eigenvalue weighted by Crippen LogP contribution is 2.45. The van der Waals surface area contributed by atoms with Crippen LogP contribution in [0.3, 0.4) is 0 Å². The fourth-order valence-electron chi connectivity index (χ4n) is 2.98. The SMILES string of the molecule is C=C1C(CCc2ccccc2)=CCC1(C(=O)OCC)C(=O)OCC. The summed E-state index contributed by atoms with van der Waals surface area (Å²) >= 11 is 0. The van der Waals surface area contributed by atoms with E-state index in [0.29, 0.717) is 5.57 Å². The molecule has 24 heavy (non-hydrogen) atoms. The zero-order valence-corrected chi connectivity index (χ0v) is 14.3. The first-order valence-corrected chi connectivity index (χ1v) is 8.33. The topological polar surface area (TPSA) is 52.6 Å². The van der Waals surface area contributed by atoms with Gasteiger partial charge in [0.25, 0.3) is 0 Å². The summed E-state index contributed by atoms with van der Waals surface area (Å²) in [6, 6.07) is 10.1. The standard InChI is InChI=1S/C20H24O4/c1-4-23-18(21)20(19(22)24-5-2)14-13-17(15(20)3)12-11-16-9-7-6-8-10-16/h6-10,13H,3-5,11-12,14H2,1-2H3. The zero-order valence-electron chi connectivity index (χ0n) is 14.3. The lowest BCUT2D eigenvalue weighted by Crippen LogP contribution is -2.41. The van der Waals surface area contributed by atoms with E-state index in [0.717, 1.165) is 18.4 Å². The van der Waals surface area contributed by atoms with Crippen molar-refractivity contribution in [3.8, 4) is 0 Å². The summed E-state index contributed by atoms with van der Waals surface area (Å²) < 4.78 is 10.3. The van der Waals surface area contributed by atoms with Crippen LogP contribution in [0.2, 0.25) is 0 Å². The third-order valence-corrected chi connectivity index (χ3v) is 4.33. The molecule has 0 amide bonds. The summed E-state index contributed by atoms with van der Waals surface area (Å²) in [6.07, 6.45) is 3.73. The first kappa shape index (κ1) is 18.0. The number of carbonyl (C=O) groups is 2. The fourth-order valence-corrected chi connectivity index (χ4v) is 2.98. The third kappa shape index (κ3) is 3.42. The Hall–Kier alpha value is -2.36. The van der Waals surface area contributed by atoms with E-state index in [1.54, 1.807) is 13.8 Å². The van der Waals surface area contributed by atoms with Crippen molar-refractivity contribution in [3.63, 3.8) is 0 Å². The maximum Gasteiger partial charge on any atom is 0.328 e. The van der Waals surface area contributed by atoms with Gasteiger partial charge in [0.1, 0.15) is 0 Å². The van der Waals surface area contributed by atoms with Crippen molar-refractivity contribution in [1.82, 2.24) is 0 Å². The van der Waals surface area contributed by atoms with Gasteiger partial charge in [-0.05, 0) is 49.8 Å². The van der Waals surface area contributed by atoms with E-state index in [1.165, 1.54) is 5.56 Å². The summed E-state index contributed by atoms with van der Waals surface area (Å²) in [5.41, 5.74) is 1.23. The number of aryl methyl sites for hydroxylation is 1. The smallest absolute Gasteiger partial charge is 0.328 e. The highest BCUT2D eigenvalue weighted by molar-refractivity contribution is 6.05. The van der Waals surface area contributed by atoms with Crippen LogP contribution in [-0.2, 0) is 25.5 Å². The number of carbonyl (C=O) groups excluding carboxylic acids is 2. The number of esters is 2. The molecule has 4 nitrogen and oxygen atoms in total. The second-order valence-corrected chi connectivity index (χ2v) is 5.74. The van der Waals surface area contributed by atoms with E-state index in [1.807, 2.05) is 24.3 Å². The largest absolute Gasteiger partial charge is 0.465 e. The summed E-state index contributed by atoms with van der Waals surface area (Å²) in [4.78, 5) is 25.0. The molecule has 0 aromatic heterocycles. The number of hydrogen-bond acceptors (Lipinski definition) is 4. The molecule has 1 aliphatic carbocycles.